The van der Waals surface area contributed by atoms with Gasteiger partial charge in [0.15, 0.2) is 0 Å². The van der Waals surface area contributed by atoms with Crippen LogP contribution < -0.4 is 5.32 Å². The highest BCUT2D eigenvalue weighted by atomic mass is 16.4. The number of nitrogens with one attached hydrogen (secondary N) is 1. The van der Waals surface area contributed by atoms with Crippen molar-refractivity contribution in [1.29, 1.82) is 0 Å². The SMILES string of the molecule is C[C@@H](NC(=O)c1cnn(-c2ccccc2)c1)C(=O)O. The third-order valence-corrected chi connectivity index (χ3v) is 2.58. The summed E-state index contributed by atoms with van der Waals surface area (Å²) in [6.07, 6.45) is 2.95. The van der Waals surface area contributed by atoms with E-state index in [0.717, 1.165) is 5.69 Å². The molecule has 0 saturated carbocycles. The van der Waals surface area contributed by atoms with Crippen LogP contribution in [0, 0.1) is 0 Å². The molecule has 0 unspecified atom stereocenters. The Morgan fingerprint density at radius 3 is 2.63 bits per heavy atom. The van der Waals surface area contributed by atoms with Crippen LogP contribution in [0.15, 0.2) is 42.7 Å². The number of rotatable bonds is 4. The molecule has 1 atom stereocenters. The van der Waals surface area contributed by atoms with Crippen LogP contribution in [0.2, 0.25) is 0 Å². The Bertz CT molecular complexity index is 592. The molecule has 2 N–H and O–H groups in total. The molecule has 1 amide bonds. The summed E-state index contributed by atoms with van der Waals surface area (Å²) in [4.78, 5) is 22.4. The monoisotopic (exact) mass is 259 g/mol. The number of carbonyl (C=O) groups is 2. The lowest BCUT2D eigenvalue weighted by Crippen LogP contribution is -2.38. The maximum Gasteiger partial charge on any atom is 0.325 e. The number of hydrogen-bond acceptors (Lipinski definition) is 3. The molecule has 0 aliphatic carbocycles. The number of para-hydroxylation sites is 1. The predicted molar refractivity (Wildman–Crippen MR) is 68.1 cm³/mol. The van der Waals surface area contributed by atoms with E-state index in [0.29, 0.717) is 5.56 Å². The number of aliphatic carboxylic acids is 1. The van der Waals surface area contributed by atoms with Gasteiger partial charge in [-0.3, -0.25) is 9.59 Å². The summed E-state index contributed by atoms with van der Waals surface area (Å²) in [7, 11) is 0. The molecule has 1 aromatic carbocycles. The third-order valence-electron chi connectivity index (χ3n) is 2.58. The Morgan fingerprint density at radius 1 is 1.32 bits per heavy atom. The fourth-order valence-electron chi connectivity index (χ4n) is 1.50. The minimum Gasteiger partial charge on any atom is -0.480 e. The Balaban J connectivity index is 2.13. The first-order chi connectivity index (χ1) is 9.08. The van der Waals surface area contributed by atoms with Gasteiger partial charge in [0.25, 0.3) is 5.91 Å². The molecule has 6 nitrogen and oxygen atoms in total. The van der Waals surface area contributed by atoms with Crippen molar-refractivity contribution in [2.24, 2.45) is 0 Å². The quantitative estimate of drug-likeness (QED) is 0.860. The molecular formula is C13H13N3O3. The molecule has 6 heteroatoms. The fourth-order valence-corrected chi connectivity index (χ4v) is 1.50. The average molecular weight is 259 g/mol. The second kappa shape index (κ2) is 5.34. The number of carboxylic acids is 1. The number of carbonyl (C=O) groups excluding carboxylic acids is 1. The van der Waals surface area contributed by atoms with E-state index in [1.54, 1.807) is 10.9 Å². The van der Waals surface area contributed by atoms with E-state index < -0.39 is 17.9 Å². The molecule has 0 saturated heterocycles. The van der Waals surface area contributed by atoms with Crippen LogP contribution in [0.5, 0.6) is 0 Å². The molecule has 0 aliphatic rings. The van der Waals surface area contributed by atoms with Crippen molar-refractivity contribution in [1.82, 2.24) is 15.1 Å². The number of hydrogen-bond donors (Lipinski definition) is 2. The average Bonchev–Trinajstić information content (AvgIpc) is 2.89. The molecule has 2 rings (SSSR count). The Hall–Kier alpha value is -2.63. The van der Waals surface area contributed by atoms with Gasteiger partial charge in [0.1, 0.15) is 6.04 Å². The molecular weight excluding hydrogens is 246 g/mol. The van der Waals surface area contributed by atoms with Gasteiger partial charge in [0.2, 0.25) is 0 Å². The summed E-state index contributed by atoms with van der Waals surface area (Å²) in [5, 5.41) is 15.2. The van der Waals surface area contributed by atoms with E-state index in [1.165, 1.54) is 13.1 Å². The summed E-state index contributed by atoms with van der Waals surface area (Å²) in [6.45, 7) is 1.40. The van der Waals surface area contributed by atoms with Crippen molar-refractivity contribution < 1.29 is 14.7 Å². The van der Waals surface area contributed by atoms with Crippen LogP contribution >= 0.6 is 0 Å². The smallest absolute Gasteiger partial charge is 0.325 e. The zero-order valence-corrected chi connectivity index (χ0v) is 10.3. The van der Waals surface area contributed by atoms with Crippen molar-refractivity contribution in [3.8, 4) is 5.69 Å². The number of amides is 1. The molecule has 0 spiro atoms. The van der Waals surface area contributed by atoms with Gasteiger partial charge in [0, 0.05) is 6.20 Å². The topological polar surface area (TPSA) is 84.2 Å². The predicted octanol–water partition coefficient (Wildman–Crippen LogP) is 1.08. The minimum atomic E-state index is -1.08. The molecule has 2 aromatic rings. The molecule has 0 aliphatic heterocycles. The molecule has 1 heterocycles. The van der Waals surface area contributed by atoms with Crippen molar-refractivity contribution in [3.05, 3.63) is 48.3 Å². The van der Waals surface area contributed by atoms with Crippen LogP contribution in [-0.4, -0.2) is 32.8 Å². The summed E-state index contributed by atoms with van der Waals surface area (Å²) in [5.41, 5.74) is 1.14. The number of aromatic nitrogens is 2. The molecule has 0 radical (unpaired) electrons. The van der Waals surface area contributed by atoms with Gasteiger partial charge in [-0.2, -0.15) is 5.10 Å². The van der Waals surface area contributed by atoms with Gasteiger partial charge in [-0.05, 0) is 19.1 Å². The molecule has 1 aromatic heterocycles. The Kier molecular flexibility index (Phi) is 3.61. The highest BCUT2D eigenvalue weighted by molar-refractivity contribution is 5.96. The van der Waals surface area contributed by atoms with E-state index >= 15 is 0 Å². The fraction of sp³-hybridized carbons (Fsp3) is 0.154. The van der Waals surface area contributed by atoms with Gasteiger partial charge in [-0.15, -0.1) is 0 Å². The Labute approximate surface area is 109 Å². The molecule has 0 bridgehead atoms. The van der Waals surface area contributed by atoms with E-state index in [4.69, 9.17) is 5.11 Å². The van der Waals surface area contributed by atoms with E-state index in [2.05, 4.69) is 10.4 Å². The molecule has 19 heavy (non-hydrogen) atoms. The van der Waals surface area contributed by atoms with E-state index in [-0.39, 0.29) is 0 Å². The molecule has 0 fully saturated rings. The van der Waals surface area contributed by atoms with Gasteiger partial charge in [-0.1, -0.05) is 18.2 Å². The van der Waals surface area contributed by atoms with Crippen molar-refractivity contribution in [3.63, 3.8) is 0 Å². The van der Waals surface area contributed by atoms with Crippen LogP contribution in [0.25, 0.3) is 5.69 Å². The van der Waals surface area contributed by atoms with Crippen LogP contribution in [0.1, 0.15) is 17.3 Å². The first kappa shape index (κ1) is 12.8. The highest BCUT2D eigenvalue weighted by Gasteiger charge is 2.16. The number of carboxylic acid groups (broad SMARTS) is 1. The van der Waals surface area contributed by atoms with Crippen molar-refractivity contribution in [2.45, 2.75) is 13.0 Å². The lowest BCUT2D eigenvalue weighted by Gasteiger charge is -2.07. The van der Waals surface area contributed by atoms with Crippen molar-refractivity contribution in [2.75, 3.05) is 0 Å². The lowest BCUT2D eigenvalue weighted by molar-refractivity contribution is -0.138. The van der Waals surface area contributed by atoms with Crippen molar-refractivity contribution >= 4 is 11.9 Å². The highest BCUT2D eigenvalue weighted by Crippen LogP contribution is 2.07. The van der Waals surface area contributed by atoms with Crippen LogP contribution in [-0.2, 0) is 4.79 Å². The standard InChI is InChI=1S/C13H13N3O3/c1-9(13(18)19)15-12(17)10-7-14-16(8-10)11-5-3-2-4-6-11/h2-9H,1H3,(H,15,17)(H,18,19)/t9-/m1/s1. The van der Waals surface area contributed by atoms with E-state index in [9.17, 15) is 9.59 Å². The van der Waals surface area contributed by atoms with Gasteiger partial charge >= 0.3 is 5.97 Å². The third kappa shape index (κ3) is 2.98. The van der Waals surface area contributed by atoms with Crippen LogP contribution in [0.3, 0.4) is 0 Å². The summed E-state index contributed by atoms with van der Waals surface area (Å²) in [5.74, 6) is -1.54. The van der Waals surface area contributed by atoms with E-state index in [1.807, 2.05) is 30.3 Å². The second-order valence-electron chi connectivity index (χ2n) is 4.04. The lowest BCUT2D eigenvalue weighted by atomic mass is 10.3. The largest absolute Gasteiger partial charge is 0.480 e. The first-order valence-electron chi connectivity index (χ1n) is 5.71. The van der Waals surface area contributed by atoms with Crippen LogP contribution in [0.4, 0.5) is 0 Å². The normalized spacial score (nSPS) is 11.8. The zero-order chi connectivity index (χ0) is 13.8. The van der Waals surface area contributed by atoms with Gasteiger partial charge < -0.3 is 10.4 Å². The Morgan fingerprint density at radius 2 is 2.00 bits per heavy atom. The maximum absolute atomic E-state index is 11.8. The maximum atomic E-state index is 11.8. The van der Waals surface area contributed by atoms with Gasteiger partial charge in [-0.25, -0.2) is 4.68 Å². The summed E-state index contributed by atoms with van der Waals surface area (Å²) < 4.78 is 1.56. The number of nitrogens with zero attached hydrogens (tertiary/aromatic N) is 2. The molecule has 98 valence electrons. The summed E-state index contributed by atoms with van der Waals surface area (Å²) >= 11 is 0. The first-order valence-corrected chi connectivity index (χ1v) is 5.71. The number of benzene rings is 1. The minimum absolute atomic E-state index is 0.317. The zero-order valence-electron chi connectivity index (χ0n) is 10.3. The second-order valence-corrected chi connectivity index (χ2v) is 4.04. The summed E-state index contributed by atoms with van der Waals surface area (Å²) in [6, 6.07) is 8.39. The van der Waals surface area contributed by atoms with Gasteiger partial charge in [0.05, 0.1) is 17.4 Å².